The molecule has 1 saturated heterocycles. The van der Waals surface area contributed by atoms with Gasteiger partial charge in [-0.1, -0.05) is 19.8 Å². The third-order valence-corrected chi connectivity index (χ3v) is 3.83. The number of hydrogen-bond acceptors (Lipinski definition) is 2. The molecule has 1 heterocycles. The molecular weight excluding hydrogens is 164 g/mol. The van der Waals surface area contributed by atoms with E-state index in [-0.39, 0.29) is 11.6 Å². The summed E-state index contributed by atoms with van der Waals surface area (Å²) in [7, 11) is 0. The van der Waals surface area contributed by atoms with Gasteiger partial charge in [-0.15, -0.1) is 0 Å². The van der Waals surface area contributed by atoms with Crippen LogP contribution in [0.3, 0.4) is 0 Å². The average molecular weight is 182 g/mol. The number of fused-ring (bicyclic) bond motifs is 1. The van der Waals surface area contributed by atoms with Crippen molar-refractivity contribution in [2.45, 2.75) is 58.0 Å². The smallest absolute Gasteiger partial charge is 0.306 e. The van der Waals surface area contributed by atoms with Crippen LogP contribution in [0.4, 0.5) is 0 Å². The van der Waals surface area contributed by atoms with Crippen molar-refractivity contribution in [3.63, 3.8) is 0 Å². The number of rotatable bonds is 3. The van der Waals surface area contributed by atoms with Gasteiger partial charge in [0.15, 0.2) is 0 Å². The molecule has 0 radical (unpaired) electrons. The van der Waals surface area contributed by atoms with Crippen LogP contribution in [0, 0.1) is 5.41 Å². The Kier molecular flexibility index (Phi) is 1.90. The van der Waals surface area contributed by atoms with E-state index in [1.54, 1.807) is 0 Å². The number of carbonyl (C=O) groups excluding carboxylic acids is 1. The molecule has 2 nitrogen and oxygen atoms in total. The highest BCUT2D eigenvalue weighted by atomic mass is 16.6. The zero-order chi connectivity index (χ0) is 9.53. The van der Waals surface area contributed by atoms with Crippen LogP contribution in [-0.4, -0.2) is 11.6 Å². The molecule has 0 aromatic heterocycles. The van der Waals surface area contributed by atoms with Gasteiger partial charge in [0.25, 0.3) is 0 Å². The molecule has 0 bridgehead atoms. The molecule has 13 heavy (non-hydrogen) atoms. The second kappa shape index (κ2) is 2.73. The number of esters is 1. The van der Waals surface area contributed by atoms with Crippen molar-refractivity contribution < 1.29 is 9.53 Å². The van der Waals surface area contributed by atoms with Crippen molar-refractivity contribution in [1.29, 1.82) is 0 Å². The molecule has 0 amide bonds. The lowest BCUT2D eigenvalue weighted by Crippen LogP contribution is -2.30. The van der Waals surface area contributed by atoms with Gasteiger partial charge in [0.1, 0.15) is 5.60 Å². The van der Waals surface area contributed by atoms with Gasteiger partial charge in [-0.2, -0.15) is 0 Å². The van der Waals surface area contributed by atoms with Gasteiger partial charge in [-0.05, 0) is 26.2 Å². The van der Waals surface area contributed by atoms with E-state index in [9.17, 15) is 4.79 Å². The van der Waals surface area contributed by atoms with Crippen molar-refractivity contribution in [2.75, 3.05) is 0 Å². The molecule has 2 heteroatoms. The lowest BCUT2D eigenvalue weighted by atomic mass is 9.88. The summed E-state index contributed by atoms with van der Waals surface area (Å²) >= 11 is 0. The molecule has 0 N–H and O–H groups in total. The zero-order valence-corrected chi connectivity index (χ0v) is 8.56. The molecule has 1 saturated carbocycles. The van der Waals surface area contributed by atoms with E-state index >= 15 is 0 Å². The minimum absolute atomic E-state index is 0.00660. The van der Waals surface area contributed by atoms with Crippen molar-refractivity contribution in [1.82, 2.24) is 0 Å². The molecule has 0 aromatic carbocycles. The molecular formula is C11H18O2. The van der Waals surface area contributed by atoms with Crippen LogP contribution in [0.25, 0.3) is 0 Å². The van der Waals surface area contributed by atoms with E-state index in [4.69, 9.17) is 4.74 Å². The Morgan fingerprint density at radius 1 is 1.54 bits per heavy atom. The Morgan fingerprint density at radius 2 is 2.31 bits per heavy atom. The zero-order valence-electron chi connectivity index (χ0n) is 8.56. The summed E-state index contributed by atoms with van der Waals surface area (Å²) in [5.41, 5.74) is 0.286. The molecule has 2 aliphatic rings. The van der Waals surface area contributed by atoms with E-state index < -0.39 is 0 Å². The van der Waals surface area contributed by atoms with Gasteiger partial charge in [0.05, 0.1) is 0 Å². The Balaban J connectivity index is 1.99. The molecule has 2 rings (SSSR count). The summed E-state index contributed by atoms with van der Waals surface area (Å²) in [6, 6.07) is 0. The Hall–Kier alpha value is -0.530. The van der Waals surface area contributed by atoms with Gasteiger partial charge >= 0.3 is 5.97 Å². The fourth-order valence-electron chi connectivity index (χ4n) is 2.74. The maximum Gasteiger partial charge on any atom is 0.306 e. The summed E-state index contributed by atoms with van der Waals surface area (Å²) < 4.78 is 5.41. The van der Waals surface area contributed by atoms with Gasteiger partial charge in [0.2, 0.25) is 0 Å². The highest BCUT2D eigenvalue weighted by molar-refractivity contribution is 5.72. The Labute approximate surface area is 79.7 Å². The normalized spacial score (nSPS) is 42.5. The van der Waals surface area contributed by atoms with Crippen LogP contribution in [0.5, 0.6) is 0 Å². The van der Waals surface area contributed by atoms with Gasteiger partial charge in [-0.25, -0.2) is 0 Å². The first-order chi connectivity index (χ1) is 6.12. The van der Waals surface area contributed by atoms with Crippen LogP contribution >= 0.6 is 0 Å². The molecule has 0 aromatic rings. The highest BCUT2D eigenvalue weighted by Gasteiger charge is 2.68. The standard InChI is InChI=1S/C11H18O2/c1-3-4-6-11-7-5-9(12)13-10(11,2)8-11/h3-8H2,1-2H3. The first kappa shape index (κ1) is 9.04. The second-order valence-electron chi connectivity index (χ2n) is 4.77. The maximum atomic E-state index is 11.1. The van der Waals surface area contributed by atoms with E-state index in [0.29, 0.717) is 11.8 Å². The summed E-state index contributed by atoms with van der Waals surface area (Å²) in [4.78, 5) is 11.1. The third-order valence-electron chi connectivity index (χ3n) is 3.83. The summed E-state index contributed by atoms with van der Waals surface area (Å²) in [5, 5.41) is 0. The van der Waals surface area contributed by atoms with Crippen LogP contribution in [0.15, 0.2) is 0 Å². The van der Waals surface area contributed by atoms with E-state index in [1.165, 1.54) is 19.3 Å². The van der Waals surface area contributed by atoms with E-state index in [0.717, 1.165) is 12.8 Å². The predicted molar refractivity (Wildman–Crippen MR) is 50.3 cm³/mol. The summed E-state index contributed by atoms with van der Waals surface area (Å²) in [6.07, 6.45) is 6.56. The van der Waals surface area contributed by atoms with Crippen molar-refractivity contribution >= 4 is 5.97 Å². The molecule has 74 valence electrons. The first-order valence-electron chi connectivity index (χ1n) is 5.34. The molecule has 1 aliphatic carbocycles. The van der Waals surface area contributed by atoms with Gasteiger partial charge in [-0.3, -0.25) is 4.79 Å². The SMILES string of the molecule is CCCCC12CCC(=O)OC1(C)C2. The lowest BCUT2D eigenvalue weighted by Gasteiger charge is -2.27. The van der Waals surface area contributed by atoms with E-state index in [1.807, 2.05) is 0 Å². The lowest BCUT2D eigenvalue weighted by molar-refractivity contribution is -0.158. The number of unbranched alkanes of at least 4 members (excludes halogenated alkanes) is 1. The van der Waals surface area contributed by atoms with Crippen molar-refractivity contribution in [3.05, 3.63) is 0 Å². The minimum Gasteiger partial charge on any atom is -0.459 e. The second-order valence-corrected chi connectivity index (χ2v) is 4.77. The first-order valence-corrected chi connectivity index (χ1v) is 5.34. The monoisotopic (exact) mass is 182 g/mol. The Morgan fingerprint density at radius 3 is 2.92 bits per heavy atom. The average Bonchev–Trinajstić information content (AvgIpc) is 2.67. The summed E-state index contributed by atoms with van der Waals surface area (Å²) in [6.45, 7) is 4.31. The van der Waals surface area contributed by atoms with Gasteiger partial charge in [0, 0.05) is 11.8 Å². The number of hydrogen-bond donors (Lipinski definition) is 0. The van der Waals surface area contributed by atoms with E-state index in [2.05, 4.69) is 13.8 Å². The largest absolute Gasteiger partial charge is 0.459 e. The van der Waals surface area contributed by atoms with Crippen LogP contribution in [-0.2, 0) is 9.53 Å². The Bertz CT molecular complexity index is 236. The molecule has 2 unspecified atom stereocenters. The quantitative estimate of drug-likeness (QED) is 0.627. The number of ether oxygens (including phenoxy) is 1. The topological polar surface area (TPSA) is 26.3 Å². The molecule has 1 aliphatic heterocycles. The predicted octanol–water partition coefficient (Wildman–Crippen LogP) is 2.66. The van der Waals surface area contributed by atoms with Crippen molar-refractivity contribution in [2.24, 2.45) is 5.41 Å². The van der Waals surface area contributed by atoms with Gasteiger partial charge < -0.3 is 4.74 Å². The molecule has 2 atom stereocenters. The minimum atomic E-state index is -0.0858. The summed E-state index contributed by atoms with van der Waals surface area (Å²) in [5.74, 6) is 0.00660. The van der Waals surface area contributed by atoms with Crippen LogP contribution in [0.2, 0.25) is 0 Å². The highest BCUT2D eigenvalue weighted by Crippen LogP contribution is 2.66. The maximum absolute atomic E-state index is 11.1. The fraction of sp³-hybridized carbons (Fsp3) is 0.909. The van der Waals surface area contributed by atoms with Crippen LogP contribution < -0.4 is 0 Å². The van der Waals surface area contributed by atoms with Crippen molar-refractivity contribution in [3.8, 4) is 0 Å². The van der Waals surface area contributed by atoms with Crippen LogP contribution in [0.1, 0.15) is 52.4 Å². The molecule has 2 fully saturated rings. The fourth-order valence-corrected chi connectivity index (χ4v) is 2.74. The third kappa shape index (κ3) is 1.27. The number of carbonyl (C=O) groups is 1. The molecule has 0 spiro atoms.